The molecule has 2 fully saturated rings. The summed E-state index contributed by atoms with van der Waals surface area (Å²) < 4.78 is 15.0. The molecule has 0 N–H and O–H groups in total. The molecular formula is C27H33FN4O3. The van der Waals surface area contributed by atoms with Crippen molar-refractivity contribution in [2.24, 2.45) is 0 Å². The first-order valence-electron chi connectivity index (χ1n) is 12.0. The number of benzene rings is 2. The van der Waals surface area contributed by atoms with Crippen LogP contribution in [0.15, 0.2) is 54.6 Å². The van der Waals surface area contributed by atoms with Crippen LogP contribution in [-0.2, 0) is 19.8 Å². The quantitative estimate of drug-likeness (QED) is 0.569. The van der Waals surface area contributed by atoms with Crippen LogP contribution in [-0.4, -0.2) is 91.2 Å². The third-order valence-electron chi connectivity index (χ3n) is 7.21. The summed E-state index contributed by atoms with van der Waals surface area (Å²) in [7, 11) is 5.74. The number of carbonyl (C=O) groups excluding carboxylic acids is 3. The number of hydrogen-bond acceptors (Lipinski definition) is 5. The van der Waals surface area contributed by atoms with Gasteiger partial charge in [0.25, 0.3) is 0 Å². The normalized spacial score (nSPS) is 23.4. The summed E-state index contributed by atoms with van der Waals surface area (Å²) in [6.07, 6.45) is -0.440. The lowest BCUT2D eigenvalue weighted by Crippen LogP contribution is -2.51. The smallest absolute Gasteiger partial charge is 0.241 e. The zero-order valence-corrected chi connectivity index (χ0v) is 20.6. The fourth-order valence-corrected chi connectivity index (χ4v) is 5.13. The van der Waals surface area contributed by atoms with Gasteiger partial charge < -0.3 is 9.80 Å². The summed E-state index contributed by atoms with van der Waals surface area (Å²) in [6, 6.07) is 16.0. The maximum atomic E-state index is 15.0. The number of nitrogens with zero attached hydrogens (tertiary/aromatic N) is 4. The van der Waals surface area contributed by atoms with Gasteiger partial charge in [0.1, 0.15) is 5.82 Å². The van der Waals surface area contributed by atoms with Crippen molar-refractivity contribution in [2.45, 2.75) is 24.3 Å². The third kappa shape index (κ3) is 4.99. The van der Waals surface area contributed by atoms with Gasteiger partial charge in [-0.2, -0.15) is 0 Å². The second-order valence-electron chi connectivity index (χ2n) is 9.82. The standard InChI is InChI=1S/C27H33FN4O3/c1-29(2)13-16-32-25(34)18-27(26(32)35,21-11-7-8-12-22(21)28)17-24(33)31-15-14-30(3)23(19-31)20-9-5-4-6-10-20/h4-12,23H,13-19H2,1-3H3/t23-,27+/m0/s1. The van der Waals surface area contributed by atoms with Gasteiger partial charge in [-0.25, -0.2) is 4.39 Å². The highest BCUT2D eigenvalue weighted by atomic mass is 19.1. The molecule has 35 heavy (non-hydrogen) atoms. The van der Waals surface area contributed by atoms with Crippen molar-refractivity contribution in [3.8, 4) is 0 Å². The maximum Gasteiger partial charge on any atom is 0.241 e. The highest BCUT2D eigenvalue weighted by Gasteiger charge is 2.55. The summed E-state index contributed by atoms with van der Waals surface area (Å²) in [5.41, 5.74) is -0.302. The molecular weight excluding hydrogens is 447 g/mol. The van der Waals surface area contributed by atoms with E-state index in [2.05, 4.69) is 4.90 Å². The van der Waals surface area contributed by atoms with Gasteiger partial charge in [-0.1, -0.05) is 48.5 Å². The topological polar surface area (TPSA) is 64.2 Å². The van der Waals surface area contributed by atoms with E-state index in [1.54, 1.807) is 17.0 Å². The van der Waals surface area contributed by atoms with Gasteiger partial charge in [0.05, 0.1) is 11.5 Å². The van der Waals surface area contributed by atoms with Gasteiger partial charge in [0.2, 0.25) is 17.7 Å². The average Bonchev–Trinajstić information content (AvgIpc) is 3.08. The molecule has 0 saturated carbocycles. The molecule has 2 aromatic rings. The van der Waals surface area contributed by atoms with Crippen molar-refractivity contribution >= 4 is 17.7 Å². The molecule has 0 spiro atoms. The lowest BCUT2D eigenvalue weighted by Gasteiger charge is -2.41. The van der Waals surface area contributed by atoms with Crippen molar-refractivity contribution in [3.05, 3.63) is 71.5 Å². The Kier molecular flexibility index (Phi) is 7.33. The average molecular weight is 481 g/mol. The monoisotopic (exact) mass is 480 g/mol. The van der Waals surface area contributed by atoms with Gasteiger partial charge in [-0.15, -0.1) is 0 Å². The van der Waals surface area contributed by atoms with E-state index in [-0.39, 0.29) is 42.8 Å². The molecule has 8 heteroatoms. The van der Waals surface area contributed by atoms with Crippen molar-refractivity contribution < 1.29 is 18.8 Å². The van der Waals surface area contributed by atoms with Gasteiger partial charge in [-0.05, 0) is 32.8 Å². The van der Waals surface area contributed by atoms with Crippen LogP contribution in [0.2, 0.25) is 0 Å². The predicted molar refractivity (Wildman–Crippen MR) is 131 cm³/mol. The molecule has 7 nitrogen and oxygen atoms in total. The molecule has 0 unspecified atom stereocenters. The Morgan fingerprint density at radius 1 is 1.06 bits per heavy atom. The van der Waals surface area contributed by atoms with Gasteiger partial charge in [-0.3, -0.25) is 24.2 Å². The van der Waals surface area contributed by atoms with Gasteiger partial charge in [0.15, 0.2) is 0 Å². The van der Waals surface area contributed by atoms with E-state index in [9.17, 15) is 14.4 Å². The minimum Gasteiger partial charge on any atom is -0.339 e. The molecule has 2 aromatic carbocycles. The van der Waals surface area contributed by atoms with Crippen LogP contribution in [0.5, 0.6) is 0 Å². The lowest BCUT2D eigenvalue weighted by atomic mass is 9.75. The SMILES string of the molecule is CN(C)CCN1C(=O)C[C@](CC(=O)N2CCN(C)[C@H](c3ccccc3)C2)(c2ccccc2F)C1=O. The molecule has 2 saturated heterocycles. The van der Waals surface area contributed by atoms with Crippen LogP contribution in [0.1, 0.15) is 30.0 Å². The van der Waals surface area contributed by atoms with Crippen LogP contribution < -0.4 is 0 Å². The lowest BCUT2D eigenvalue weighted by molar-refractivity contribution is -0.143. The van der Waals surface area contributed by atoms with Crippen LogP contribution in [0.25, 0.3) is 0 Å². The first-order chi connectivity index (χ1) is 16.7. The minimum atomic E-state index is -1.53. The summed E-state index contributed by atoms with van der Waals surface area (Å²) >= 11 is 0. The number of likely N-dealkylation sites (N-methyl/N-ethyl adjacent to an activating group) is 2. The molecule has 186 valence electrons. The van der Waals surface area contributed by atoms with E-state index >= 15 is 4.39 Å². The molecule has 0 bridgehead atoms. The number of rotatable bonds is 7. The summed E-state index contributed by atoms with van der Waals surface area (Å²) in [4.78, 5) is 47.3. The van der Waals surface area contributed by atoms with E-state index in [1.165, 1.54) is 17.0 Å². The van der Waals surface area contributed by atoms with E-state index in [4.69, 9.17) is 0 Å². The summed E-state index contributed by atoms with van der Waals surface area (Å²) in [5, 5.41) is 0. The van der Waals surface area contributed by atoms with Gasteiger partial charge >= 0.3 is 0 Å². The van der Waals surface area contributed by atoms with Crippen molar-refractivity contribution in [1.82, 2.24) is 19.6 Å². The van der Waals surface area contributed by atoms with Crippen LogP contribution in [0.3, 0.4) is 0 Å². The Labute approximate surface area is 206 Å². The Hall–Kier alpha value is -3.10. The molecule has 2 aliphatic heterocycles. The Morgan fingerprint density at radius 2 is 1.74 bits per heavy atom. The van der Waals surface area contributed by atoms with Crippen molar-refractivity contribution in [1.29, 1.82) is 0 Å². The molecule has 0 aliphatic carbocycles. The van der Waals surface area contributed by atoms with Crippen LogP contribution in [0.4, 0.5) is 4.39 Å². The number of imide groups is 1. The molecule has 2 heterocycles. The molecule has 2 atom stereocenters. The Balaban J connectivity index is 1.62. The van der Waals surface area contributed by atoms with Gasteiger partial charge in [0, 0.05) is 51.1 Å². The number of piperazine rings is 1. The molecule has 4 rings (SSSR count). The Morgan fingerprint density at radius 3 is 2.43 bits per heavy atom. The molecule has 0 aromatic heterocycles. The Bertz CT molecular complexity index is 1090. The number of hydrogen-bond donors (Lipinski definition) is 0. The largest absolute Gasteiger partial charge is 0.339 e. The van der Waals surface area contributed by atoms with Crippen molar-refractivity contribution in [3.63, 3.8) is 0 Å². The van der Waals surface area contributed by atoms with E-state index in [0.29, 0.717) is 26.2 Å². The van der Waals surface area contributed by atoms with E-state index < -0.39 is 17.1 Å². The predicted octanol–water partition coefficient (Wildman–Crippen LogP) is 2.29. The fraction of sp³-hybridized carbons (Fsp3) is 0.444. The number of halogens is 1. The minimum absolute atomic E-state index is 0.0239. The number of amides is 3. The van der Waals surface area contributed by atoms with Crippen molar-refractivity contribution in [2.75, 3.05) is 53.9 Å². The summed E-state index contributed by atoms with van der Waals surface area (Å²) in [5.74, 6) is -1.67. The second kappa shape index (κ2) is 10.3. The molecule has 2 aliphatic rings. The van der Waals surface area contributed by atoms with Crippen LogP contribution in [0, 0.1) is 5.82 Å². The zero-order chi connectivity index (χ0) is 25.2. The van der Waals surface area contributed by atoms with E-state index in [0.717, 1.165) is 5.56 Å². The maximum absolute atomic E-state index is 15.0. The highest BCUT2D eigenvalue weighted by Crippen LogP contribution is 2.41. The van der Waals surface area contributed by atoms with Crippen LogP contribution >= 0.6 is 0 Å². The summed E-state index contributed by atoms with van der Waals surface area (Å²) in [6.45, 7) is 2.37. The third-order valence-corrected chi connectivity index (χ3v) is 7.21. The fourth-order valence-electron chi connectivity index (χ4n) is 5.13. The van der Waals surface area contributed by atoms with E-state index in [1.807, 2.05) is 56.4 Å². The first-order valence-corrected chi connectivity index (χ1v) is 12.0. The number of likely N-dealkylation sites (tertiary alicyclic amines) is 1. The number of carbonyl (C=O) groups is 3. The zero-order valence-electron chi connectivity index (χ0n) is 20.6. The molecule has 0 radical (unpaired) electrons. The molecule has 3 amide bonds. The first kappa shape index (κ1) is 25.0. The second-order valence-corrected chi connectivity index (χ2v) is 9.82. The highest BCUT2D eigenvalue weighted by molar-refractivity contribution is 6.10.